The maximum Gasteiger partial charge on any atom is 0.263 e. The molecule has 1 aliphatic heterocycles. The number of nitrogens with zero attached hydrogens (tertiary/aromatic N) is 4. The summed E-state index contributed by atoms with van der Waals surface area (Å²) >= 11 is 3.11. The van der Waals surface area contributed by atoms with Crippen LogP contribution in [0.3, 0.4) is 0 Å². The first-order chi connectivity index (χ1) is 14.0. The van der Waals surface area contributed by atoms with Crippen LogP contribution >= 0.6 is 23.1 Å². The Kier molecular flexibility index (Phi) is 6.32. The van der Waals surface area contributed by atoms with Gasteiger partial charge in [-0.3, -0.25) is 14.2 Å². The van der Waals surface area contributed by atoms with Gasteiger partial charge in [0, 0.05) is 37.6 Å². The van der Waals surface area contributed by atoms with Crippen molar-refractivity contribution in [1.82, 2.24) is 19.4 Å². The van der Waals surface area contributed by atoms with Crippen LogP contribution in [-0.2, 0) is 24.2 Å². The Morgan fingerprint density at radius 2 is 1.86 bits per heavy atom. The van der Waals surface area contributed by atoms with E-state index in [1.807, 2.05) is 18.7 Å². The Morgan fingerprint density at radius 3 is 2.55 bits per heavy atom. The molecule has 2 aromatic heterocycles. The highest BCUT2D eigenvalue weighted by Gasteiger charge is 2.27. The predicted molar refractivity (Wildman–Crippen MR) is 120 cm³/mol. The van der Waals surface area contributed by atoms with E-state index < -0.39 is 0 Å². The third-order valence-corrected chi connectivity index (χ3v) is 8.38. The molecular weight excluding hydrogens is 404 g/mol. The van der Waals surface area contributed by atoms with Gasteiger partial charge in [-0.25, -0.2) is 4.98 Å². The average molecular weight is 435 g/mol. The monoisotopic (exact) mass is 434 g/mol. The van der Waals surface area contributed by atoms with Gasteiger partial charge in [-0.05, 0) is 51.6 Å². The van der Waals surface area contributed by atoms with E-state index in [1.54, 1.807) is 15.9 Å². The van der Waals surface area contributed by atoms with Gasteiger partial charge in [-0.1, -0.05) is 18.7 Å². The molecule has 1 saturated heterocycles. The molecule has 0 bridgehead atoms. The minimum atomic E-state index is -0.250. The molecule has 3 heterocycles. The van der Waals surface area contributed by atoms with Crippen molar-refractivity contribution in [2.24, 2.45) is 0 Å². The molecule has 29 heavy (non-hydrogen) atoms. The summed E-state index contributed by atoms with van der Waals surface area (Å²) in [5.74, 6) is 0.147. The van der Waals surface area contributed by atoms with Gasteiger partial charge < -0.3 is 9.80 Å². The minimum absolute atomic E-state index is 0.0654. The van der Waals surface area contributed by atoms with Gasteiger partial charge in [0.1, 0.15) is 4.83 Å². The van der Waals surface area contributed by atoms with Gasteiger partial charge in [0.25, 0.3) is 5.56 Å². The molecule has 1 fully saturated rings. The van der Waals surface area contributed by atoms with Crippen LogP contribution in [0.25, 0.3) is 10.2 Å². The van der Waals surface area contributed by atoms with Crippen molar-refractivity contribution in [3.8, 4) is 0 Å². The van der Waals surface area contributed by atoms with E-state index >= 15 is 0 Å². The van der Waals surface area contributed by atoms with E-state index in [-0.39, 0.29) is 16.7 Å². The van der Waals surface area contributed by atoms with Gasteiger partial charge in [0.05, 0.1) is 10.6 Å². The van der Waals surface area contributed by atoms with Crippen LogP contribution in [-0.4, -0.2) is 63.2 Å². The Labute approximate surface area is 180 Å². The average Bonchev–Trinajstić information content (AvgIpc) is 3.12. The smallest absolute Gasteiger partial charge is 0.263 e. The first kappa shape index (κ1) is 20.9. The van der Waals surface area contributed by atoms with Crippen molar-refractivity contribution in [2.45, 2.75) is 63.4 Å². The number of hydrogen-bond acceptors (Lipinski definition) is 6. The van der Waals surface area contributed by atoms with Gasteiger partial charge in [-0.2, -0.15) is 0 Å². The van der Waals surface area contributed by atoms with Crippen molar-refractivity contribution < 1.29 is 4.79 Å². The number of amides is 1. The van der Waals surface area contributed by atoms with Crippen molar-refractivity contribution in [3.05, 3.63) is 20.8 Å². The molecule has 1 aliphatic carbocycles. The summed E-state index contributed by atoms with van der Waals surface area (Å²) < 4.78 is 1.76. The second-order valence-electron chi connectivity index (χ2n) is 7.85. The summed E-state index contributed by atoms with van der Waals surface area (Å²) in [5.41, 5.74) is 1.29. The fourth-order valence-corrected chi connectivity index (χ4v) is 6.70. The zero-order valence-electron chi connectivity index (χ0n) is 17.6. The first-order valence-electron chi connectivity index (χ1n) is 10.8. The molecule has 158 valence electrons. The summed E-state index contributed by atoms with van der Waals surface area (Å²) in [5, 5.41) is 1.25. The normalized spacial score (nSPS) is 18.8. The number of carbonyl (C=O) groups is 1. The number of fused-ring (bicyclic) bond motifs is 3. The zero-order valence-corrected chi connectivity index (χ0v) is 19.2. The highest BCUT2D eigenvalue weighted by atomic mass is 32.2. The molecule has 0 spiro atoms. The Hall–Kier alpha value is -1.38. The highest BCUT2D eigenvalue weighted by molar-refractivity contribution is 8.00. The topological polar surface area (TPSA) is 58.4 Å². The molecule has 0 saturated carbocycles. The third-order valence-electron chi connectivity index (χ3n) is 6.12. The molecule has 8 heteroatoms. The van der Waals surface area contributed by atoms with E-state index in [9.17, 15) is 9.59 Å². The van der Waals surface area contributed by atoms with E-state index in [0.717, 1.165) is 62.2 Å². The number of aryl methyl sites for hydroxylation is 2. The summed E-state index contributed by atoms with van der Waals surface area (Å²) in [6.45, 7) is 11.1. The first-order valence-corrected chi connectivity index (χ1v) is 12.5. The van der Waals surface area contributed by atoms with E-state index in [1.165, 1.54) is 28.6 Å². The fraction of sp³-hybridized carbons (Fsp3) is 0.667. The van der Waals surface area contributed by atoms with Crippen LogP contribution in [0.15, 0.2) is 9.95 Å². The molecule has 1 atom stereocenters. The number of aromatic nitrogens is 2. The molecule has 0 aromatic carbocycles. The van der Waals surface area contributed by atoms with Crippen LogP contribution in [0.4, 0.5) is 0 Å². The van der Waals surface area contributed by atoms with Crippen LogP contribution < -0.4 is 5.56 Å². The van der Waals surface area contributed by atoms with Crippen LogP contribution in [0, 0.1) is 0 Å². The quantitative estimate of drug-likeness (QED) is 0.535. The number of thiophene rings is 1. The molecule has 2 aliphatic rings. The third kappa shape index (κ3) is 3.99. The predicted octanol–water partition coefficient (Wildman–Crippen LogP) is 3.00. The molecule has 6 nitrogen and oxygen atoms in total. The lowest BCUT2D eigenvalue weighted by Crippen LogP contribution is -2.50. The summed E-state index contributed by atoms with van der Waals surface area (Å²) in [7, 11) is 0. The van der Waals surface area contributed by atoms with E-state index in [0.29, 0.717) is 11.7 Å². The number of hydrogen-bond donors (Lipinski definition) is 0. The summed E-state index contributed by atoms with van der Waals surface area (Å²) in [6, 6.07) is 0. The van der Waals surface area contributed by atoms with Gasteiger partial charge in [-0.15, -0.1) is 11.3 Å². The Balaban J connectivity index is 1.59. The molecule has 1 unspecified atom stereocenters. The van der Waals surface area contributed by atoms with Gasteiger partial charge in [0.2, 0.25) is 5.91 Å². The SMILES string of the molecule is CCN1CCN(C(=O)C(C)Sc2nc3sc4c(c3c(=O)n2CC)CCCC4)CC1. The number of rotatable bonds is 5. The molecule has 0 radical (unpaired) electrons. The lowest BCUT2D eigenvalue weighted by Gasteiger charge is -2.35. The Bertz CT molecular complexity index is 960. The maximum absolute atomic E-state index is 13.3. The van der Waals surface area contributed by atoms with E-state index in [2.05, 4.69) is 11.8 Å². The number of piperazine rings is 1. The van der Waals surface area contributed by atoms with Crippen LogP contribution in [0.5, 0.6) is 0 Å². The summed E-state index contributed by atoms with van der Waals surface area (Å²) in [4.78, 5) is 37.6. The lowest BCUT2D eigenvalue weighted by molar-refractivity contribution is -0.132. The number of thioether (sulfide) groups is 1. The van der Waals surface area contributed by atoms with E-state index in [4.69, 9.17) is 4.98 Å². The standard InChI is InChI=1S/C21H30N4O2S2/c1-4-23-10-12-24(13-11-23)19(26)14(3)28-21-22-18-17(20(27)25(21)5-2)15-8-6-7-9-16(15)29-18/h14H,4-13H2,1-3H3. The lowest BCUT2D eigenvalue weighted by atomic mass is 9.97. The Morgan fingerprint density at radius 1 is 1.14 bits per heavy atom. The molecule has 0 N–H and O–H groups in total. The molecule has 4 rings (SSSR count). The summed E-state index contributed by atoms with van der Waals surface area (Å²) in [6.07, 6.45) is 4.39. The molecular formula is C21H30N4O2S2. The largest absolute Gasteiger partial charge is 0.339 e. The highest BCUT2D eigenvalue weighted by Crippen LogP contribution is 2.35. The van der Waals surface area contributed by atoms with Crippen LogP contribution in [0.1, 0.15) is 44.1 Å². The van der Waals surface area contributed by atoms with Crippen molar-refractivity contribution >= 4 is 39.2 Å². The number of likely N-dealkylation sites (N-methyl/N-ethyl adjacent to an activating group) is 1. The van der Waals surface area contributed by atoms with Crippen molar-refractivity contribution in [2.75, 3.05) is 32.7 Å². The minimum Gasteiger partial charge on any atom is -0.339 e. The molecule has 2 aromatic rings. The van der Waals surface area contributed by atoms with Crippen molar-refractivity contribution in [1.29, 1.82) is 0 Å². The zero-order chi connectivity index (χ0) is 20.5. The number of carbonyl (C=O) groups excluding carboxylic acids is 1. The fourth-order valence-electron chi connectivity index (χ4n) is 4.34. The second-order valence-corrected chi connectivity index (χ2v) is 10.2. The van der Waals surface area contributed by atoms with Crippen molar-refractivity contribution in [3.63, 3.8) is 0 Å². The maximum atomic E-state index is 13.3. The van der Waals surface area contributed by atoms with Crippen LogP contribution in [0.2, 0.25) is 0 Å². The second kappa shape index (κ2) is 8.78. The molecule has 1 amide bonds. The van der Waals surface area contributed by atoms with Gasteiger partial charge >= 0.3 is 0 Å². The van der Waals surface area contributed by atoms with Gasteiger partial charge in [0.15, 0.2) is 5.16 Å².